The maximum Gasteiger partial charge on any atom is 0.120 e. The second kappa shape index (κ2) is 4.59. The molecule has 96 valence electrons. The van der Waals surface area contributed by atoms with Gasteiger partial charge in [-0.05, 0) is 36.3 Å². The van der Waals surface area contributed by atoms with Gasteiger partial charge in [0.05, 0.1) is 16.4 Å². The fraction of sp³-hybridized carbons (Fsp3) is 0.133. The van der Waals surface area contributed by atoms with Crippen molar-refractivity contribution in [2.75, 3.05) is 0 Å². The van der Waals surface area contributed by atoms with Crippen molar-refractivity contribution in [2.24, 2.45) is 17.8 Å². The van der Waals surface area contributed by atoms with Crippen LogP contribution >= 0.6 is 11.6 Å². The number of fused-ring (bicyclic) bond motifs is 1. The lowest BCUT2D eigenvalue weighted by atomic mass is 10.1. The van der Waals surface area contributed by atoms with E-state index < -0.39 is 0 Å². The summed E-state index contributed by atoms with van der Waals surface area (Å²) >= 11 is 6.05. The molecular weight excluding hydrogens is 258 g/mol. The van der Waals surface area contributed by atoms with Crippen molar-refractivity contribution >= 4 is 17.7 Å². The van der Waals surface area contributed by atoms with Gasteiger partial charge in [-0.1, -0.05) is 29.8 Å². The number of halogens is 1. The molecule has 0 fully saturated rings. The Bertz CT molecular complexity index is 784. The Balaban J connectivity index is 2.27. The molecule has 0 saturated carbocycles. The highest BCUT2D eigenvalue weighted by molar-refractivity contribution is 6.30. The van der Waals surface area contributed by atoms with E-state index in [2.05, 4.69) is 15.6 Å². The number of nitrogens with two attached hydrogens (primary N) is 1. The van der Waals surface area contributed by atoms with Gasteiger partial charge >= 0.3 is 0 Å². The van der Waals surface area contributed by atoms with Gasteiger partial charge in [0.1, 0.15) is 5.82 Å². The Morgan fingerprint density at radius 2 is 2.11 bits per heavy atom. The van der Waals surface area contributed by atoms with E-state index in [1.54, 1.807) is 0 Å². The summed E-state index contributed by atoms with van der Waals surface area (Å²) in [5.41, 5.74) is 7.98. The van der Waals surface area contributed by atoms with E-state index in [0.717, 1.165) is 33.4 Å². The van der Waals surface area contributed by atoms with Crippen LogP contribution in [-0.2, 0) is 7.05 Å². The SMILES string of the molecule is Cn1c(-c2cccc(Cl)c2)cc2c1=CCC=C(N)N=2. The van der Waals surface area contributed by atoms with Gasteiger partial charge in [-0.15, -0.1) is 0 Å². The van der Waals surface area contributed by atoms with Crippen molar-refractivity contribution < 1.29 is 0 Å². The van der Waals surface area contributed by atoms with Crippen molar-refractivity contribution in [2.45, 2.75) is 6.42 Å². The minimum absolute atomic E-state index is 0.568. The Labute approximate surface area is 116 Å². The van der Waals surface area contributed by atoms with Crippen molar-refractivity contribution in [3.05, 3.63) is 58.0 Å². The van der Waals surface area contributed by atoms with Crippen LogP contribution < -0.4 is 16.4 Å². The quantitative estimate of drug-likeness (QED) is 0.846. The van der Waals surface area contributed by atoms with Crippen molar-refractivity contribution in [3.8, 4) is 11.3 Å². The van der Waals surface area contributed by atoms with Gasteiger partial charge in [0, 0.05) is 12.1 Å². The zero-order valence-electron chi connectivity index (χ0n) is 10.6. The van der Waals surface area contributed by atoms with Gasteiger partial charge in [-0.3, -0.25) is 0 Å². The third-order valence-electron chi connectivity index (χ3n) is 3.27. The van der Waals surface area contributed by atoms with Crippen LogP contribution in [0.3, 0.4) is 0 Å². The lowest BCUT2D eigenvalue weighted by molar-refractivity contribution is 0.890. The molecule has 1 aromatic heterocycles. The van der Waals surface area contributed by atoms with Gasteiger partial charge in [0.2, 0.25) is 0 Å². The van der Waals surface area contributed by atoms with E-state index in [4.69, 9.17) is 17.3 Å². The normalized spacial score (nSPS) is 13.9. The molecule has 0 aliphatic carbocycles. The molecule has 0 atom stereocenters. The summed E-state index contributed by atoms with van der Waals surface area (Å²) in [6.45, 7) is 0. The summed E-state index contributed by atoms with van der Waals surface area (Å²) in [5, 5.41) is 2.73. The first kappa shape index (κ1) is 12.1. The summed E-state index contributed by atoms with van der Waals surface area (Å²) in [5.74, 6) is 0.568. The number of hydrogen-bond donors (Lipinski definition) is 1. The molecule has 0 spiro atoms. The van der Waals surface area contributed by atoms with Gasteiger partial charge in [-0.2, -0.15) is 0 Å². The van der Waals surface area contributed by atoms with Gasteiger partial charge in [-0.25, -0.2) is 4.99 Å². The Morgan fingerprint density at radius 3 is 2.89 bits per heavy atom. The maximum atomic E-state index is 6.05. The molecule has 1 aliphatic heterocycles. The third kappa shape index (κ3) is 2.17. The first-order valence-corrected chi connectivity index (χ1v) is 6.49. The number of benzene rings is 1. The molecule has 0 radical (unpaired) electrons. The minimum atomic E-state index is 0.568. The van der Waals surface area contributed by atoms with E-state index >= 15 is 0 Å². The van der Waals surface area contributed by atoms with Gasteiger partial charge in [0.15, 0.2) is 0 Å². The van der Waals surface area contributed by atoms with Crippen LogP contribution in [0.2, 0.25) is 5.02 Å². The molecule has 3 nitrogen and oxygen atoms in total. The zero-order chi connectivity index (χ0) is 13.4. The molecule has 2 N–H and O–H groups in total. The summed E-state index contributed by atoms with van der Waals surface area (Å²) in [6.07, 6.45) is 4.85. The summed E-state index contributed by atoms with van der Waals surface area (Å²) in [7, 11) is 2.03. The van der Waals surface area contributed by atoms with Crippen LogP contribution in [0.15, 0.2) is 47.2 Å². The number of aromatic nitrogens is 1. The topological polar surface area (TPSA) is 43.3 Å². The molecule has 0 bridgehead atoms. The molecule has 2 heterocycles. The largest absolute Gasteiger partial charge is 0.384 e. The monoisotopic (exact) mass is 271 g/mol. The fourth-order valence-corrected chi connectivity index (χ4v) is 2.52. The Hall–Kier alpha value is -2.00. The summed E-state index contributed by atoms with van der Waals surface area (Å²) in [6, 6.07) is 9.86. The predicted molar refractivity (Wildman–Crippen MR) is 78.0 cm³/mol. The molecule has 1 aromatic carbocycles. The Morgan fingerprint density at radius 1 is 1.26 bits per heavy atom. The molecular formula is C15H14ClN3. The molecule has 4 heteroatoms. The van der Waals surface area contributed by atoms with E-state index in [1.165, 1.54) is 0 Å². The first-order valence-electron chi connectivity index (χ1n) is 6.11. The minimum Gasteiger partial charge on any atom is -0.384 e. The highest BCUT2D eigenvalue weighted by atomic mass is 35.5. The highest BCUT2D eigenvalue weighted by Crippen LogP contribution is 2.20. The van der Waals surface area contributed by atoms with Crippen LogP contribution in [0.1, 0.15) is 6.42 Å². The molecule has 19 heavy (non-hydrogen) atoms. The lowest BCUT2D eigenvalue weighted by Crippen LogP contribution is -2.27. The lowest BCUT2D eigenvalue weighted by Gasteiger charge is -2.04. The molecule has 3 rings (SSSR count). The maximum absolute atomic E-state index is 6.05. The van der Waals surface area contributed by atoms with Crippen molar-refractivity contribution in [3.63, 3.8) is 0 Å². The van der Waals surface area contributed by atoms with Gasteiger partial charge in [0.25, 0.3) is 0 Å². The number of rotatable bonds is 1. The predicted octanol–water partition coefficient (Wildman–Crippen LogP) is 1.95. The number of nitrogens with zero attached hydrogens (tertiary/aromatic N) is 2. The highest BCUT2D eigenvalue weighted by Gasteiger charge is 2.07. The van der Waals surface area contributed by atoms with Crippen LogP contribution in [0.5, 0.6) is 0 Å². The van der Waals surface area contributed by atoms with E-state index in [-0.39, 0.29) is 0 Å². The van der Waals surface area contributed by atoms with Gasteiger partial charge < -0.3 is 10.3 Å². The average molecular weight is 272 g/mol. The molecule has 1 aliphatic rings. The first-order chi connectivity index (χ1) is 9.15. The van der Waals surface area contributed by atoms with Crippen LogP contribution in [0, 0.1) is 0 Å². The van der Waals surface area contributed by atoms with Crippen molar-refractivity contribution in [1.82, 2.24) is 4.57 Å². The molecule has 2 aromatic rings. The molecule has 0 saturated heterocycles. The fourth-order valence-electron chi connectivity index (χ4n) is 2.33. The Kier molecular flexibility index (Phi) is 2.91. The standard InChI is InChI=1S/C15H14ClN3/c1-19-13-6-3-7-15(17)18-12(13)9-14(19)10-4-2-5-11(16)8-10/h2,4-9H,3,17H2,1H3. The van der Waals surface area contributed by atoms with E-state index in [9.17, 15) is 0 Å². The molecule has 0 amide bonds. The average Bonchev–Trinajstić information content (AvgIpc) is 2.57. The second-order valence-electron chi connectivity index (χ2n) is 4.55. The summed E-state index contributed by atoms with van der Waals surface area (Å²) in [4.78, 5) is 4.42. The van der Waals surface area contributed by atoms with Crippen LogP contribution in [0.4, 0.5) is 0 Å². The third-order valence-corrected chi connectivity index (χ3v) is 3.50. The van der Waals surface area contributed by atoms with Crippen molar-refractivity contribution in [1.29, 1.82) is 0 Å². The van der Waals surface area contributed by atoms with E-state index in [1.807, 2.05) is 43.5 Å². The van der Waals surface area contributed by atoms with Crippen LogP contribution in [0.25, 0.3) is 17.3 Å². The number of allylic oxidation sites excluding steroid dienone is 1. The zero-order valence-corrected chi connectivity index (χ0v) is 11.4. The molecule has 0 unspecified atom stereocenters. The number of hydrogen-bond acceptors (Lipinski definition) is 2. The smallest absolute Gasteiger partial charge is 0.120 e. The second-order valence-corrected chi connectivity index (χ2v) is 4.99. The summed E-state index contributed by atoms with van der Waals surface area (Å²) < 4.78 is 2.12. The van der Waals surface area contributed by atoms with Crippen LogP contribution in [-0.4, -0.2) is 4.57 Å². The van der Waals surface area contributed by atoms with E-state index in [0.29, 0.717) is 5.82 Å².